The van der Waals surface area contributed by atoms with Gasteiger partial charge in [0.25, 0.3) is 5.89 Å². The summed E-state index contributed by atoms with van der Waals surface area (Å²) in [6.07, 6.45) is 1.83. The maximum atomic E-state index is 5.44. The summed E-state index contributed by atoms with van der Waals surface area (Å²) in [5.41, 5.74) is 0.861. The van der Waals surface area contributed by atoms with Crippen LogP contribution in [0.15, 0.2) is 22.7 Å². The van der Waals surface area contributed by atoms with Crippen molar-refractivity contribution in [3.8, 4) is 11.6 Å². The van der Waals surface area contributed by atoms with Crippen LogP contribution in [0.25, 0.3) is 11.6 Å². The second-order valence-electron chi connectivity index (χ2n) is 3.18. The molecule has 1 N–H and O–H groups in total. The zero-order valence-electron chi connectivity index (χ0n) is 7.61. The van der Waals surface area contributed by atoms with Crippen LogP contribution < -0.4 is 0 Å². The molecular weight excluding hydrogens is 166 g/mol. The lowest BCUT2D eigenvalue weighted by atomic mass is 10.2. The van der Waals surface area contributed by atoms with Crippen LogP contribution in [0.2, 0.25) is 0 Å². The third-order valence-corrected chi connectivity index (χ3v) is 1.76. The lowest BCUT2D eigenvalue weighted by Gasteiger charge is -1.93. The van der Waals surface area contributed by atoms with E-state index in [1.165, 1.54) is 0 Å². The largest absolute Gasteiger partial charge is 0.419 e. The quantitative estimate of drug-likeness (QED) is 0.764. The highest BCUT2D eigenvalue weighted by Crippen LogP contribution is 2.19. The van der Waals surface area contributed by atoms with E-state index in [1.807, 2.05) is 32.2 Å². The zero-order chi connectivity index (χ0) is 9.26. The van der Waals surface area contributed by atoms with Gasteiger partial charge in [-0.05, 0) is 12.1 Å². The Morgan fingerprint density at radius 2 is 2.23 bits per heavy atom. The maximum Gasteiger partial charge on any atom is 0.264 e. The Kier molecular flexibility index (Phi) is 1.88. The molecule has 0 saturated carbocycles. The monoisotopic (exact) mass is 177 g/mol. The molecule has 0 bridgehead atoms. The standard InChI is InChI=1S/C9H11N3O/c1-6(2)8-11-12-9(13-8)7-4-3-5-10-7/h3-6,10H,1-2H3. The van der Waals surface area contributed by atoms with Crippen LogP contribution >= 0.6 is 0 Å². The molecule has 2 aromatic rings. The minimum Gasteiger partial charge on any atom is -0.419 e. The van der Waals surface area contributed by atoms with Crippen LogP contribution in [0.3, 0.4) is 0 Å². The fraction of sp³-hybridized carbons (Fsp3) is 0.333. The molecule has 4 heteroatoms. The molecule has 0 saturated heterocycles. The SMILES string of the molecule is CC(C)c1nnc(-c2ccc[nH]2)o1. The van der Waals surface area contributed by atoms with E-state index in [-0.39, 0.29) is 5.92 Å². The number of rotatable bonds is 2. The maximum absolute atomic E-state index is 5.44. The molecule has 0 aliphatic heterocycles. The van der Waals surface area contributed by atoms with Crippen molar-refractivity contribution < 1.29 is 4.42 Å². The molecule has 0 unspecified atom stereocenters. The molecule has 0 atom stereocenters. The number of nitrogens with one attached hydrogen (secondary N) is 1. The van der Waals surface area contributed by atoms with Crippen LogP contribution in [-0.2, 0) is 0 Å². The molecule has 2 rings (SSSR count). The first-order valence-electron chi connectivity index (χ1n) is 4.24. The highest BCUT2D eigenvalue weighted by molar-refractivity contribution is 5.45. The molecule has 0 radical (unpaired) electrons. The molecule has 13 heavy (non-hydrogen) atoms. The molecule has 0 aromatic carbocycles. The summed E-state index contributed by atoms with van der Waals surface area (Å²) in [4.78, 5) is 3.01. The molecule has 0 amide bonds. The van der Waals surface area contributed by atoms with E-state index in [4.69, 9.17) is 4.42 Å². The smallest absolute Gasteiger partial charge is 0.264 e. The van der Waals surface area contributed by atoms with Gasteiger partial charge in [0.05, 0.1) is 0 Å². The van der Waals surface area contributed by atoms with Crippen molar-refractivity contribution >= 4 is 0 Å². The molecule has 0 aliphatic rings. The lowest BCUT2D eigenvalue weighted by molar-refractivity contribution is 0.480. The topological polar surface area (TPSA) is 54.7 Å². The Morgan fingerprint density at radius 1 is 1.38 bits per heavy atom. The Bertz CT molecular complexity index is 375. The van der Waals surface area contributed by atoms with E-state index >= 15 is 0 Å². The van der Waals surface area contributed by atoms with Crippen molar-refractivity contribution in [2.75, 3.05) is 0 Å². The van der Waals surface area contributed by atoms with Crippen LogP contribution in [-0.4, -0.2) is 15.2 Å². The van der Waals surface area contributed by atoms with Crippen molar-refractivity contribution in [3.63, 3.8) is 0 Å². The summed E-state index contributed by atoms with van der Waals surface area (Å²) in [5.74, 6) is 1.49. The second kappa shape index (κ2) is 3.05. The average Bonchev–Trinajstić information content (AvgIpc) is 2.75. The van der Waals surface area contributed by atoms with Gasteiger partial charge in [0, 0.05) is 12.1 Å². The third-order valence-electron chi connectivity index (χ3n) is 1.76. The number of H-pyrrole nitrogens is 1. The van der Waals surface area contributed by atoms with Crippen molar-refractivity contribution in [1.82, 2.24) is 15.2 Å². The Balaban J connectivity index is 2.33. The van der Waals surface area contributed by atoms with E-state index in [0.29, 0.717) is 11.8 Å². The minimum atomic E-state index is 0.274. The summed E-state index contributed by atoms with van der Waals surface area (Å²) in [6, 6.07) is 3.80. The zero-order valence-corrected chi connectivity index (χ0v) is 7.61. The fourth-order valence-corrected chi connectivity index (χ4v) is 1.04. The van der Waals surface area contributed by atoms with Crippen LogP contribution in [0.4, 0.5) is 0 Å². The van der Waals surface area contributed by atoms with Crippen LogP contribution in [0, 0.1) is 0 Å². The van der Waals surface area contributed by atoms with Gasteiger partial charge in [-0.25, -0.2) is 0 Å². The summed E-state index contributed by atoms with van der Waals surface area (Å²) in [5, 5.41) is 7.87. The molecule has 4 nitrogen and oxygen atoms in total. The van der Waals surface area contributed by atoms with E-state index < -0.39 is 0 Å². The fourth-order valence-electron chi connectivity index (χ4n) is 1.04. The van der Waals surface area contributed by atoms with Gasteiger partial charge >= 0.3 is 0 Å². The first kappa shape index (κ1) is 8.04. The first-order chi connectivity index (χ1) is 6.27. The van der Waals surface area contributed by atoms with Gasteiger partial charge in [-0.3, -0.25) is 0 Å². The highest BCUT2D eigenvalue weighted by atomic mass is 16.4. The van der Waals surface area contributed by atoms with E-state index in [2.05, 4.69) is 15.2 Å². The number of aromatic amines is 1. The molecule has 2 heterocycles. The summed E-state index contributed by atoms with van der Waals surface area (Å²) < 4.78 is 5.44. The van der Waals surface area contributed by atoms with Crippen molar-refractivity contribution in [3.05, 3.63) is 24.2 Å². The number of aromatic nitrogens is 3. The Hall–Kier alpha value is -1.58. The molecule has 2 aromatic heterocycles. The Labute approximate surface area is 76.0 Å². The van der Waals surface area contributed by atoms with Crippen molar-refractivity contribution in [1.29, 1.82) is 0 Å². The van der Waals surface area contributed by atoms with E-state index in [0.717, 1.165) is 5.69 Å². The molecule has 0 aliphatic carbocycles. The number of nitrogens with zero attached hydrogens (tertiary/aromatic N) is 2. The van der Waals surface area contributed by atoms with Gasteiger partial charge in [0.1, 0.15) is 5.69 Å². The lowest BCUT2D eigenvalue weighted by Crippen LogP contribution is -1.85. The molecule has 0 fully saturated rings. The minimum absolute atomic E-state index is 0.274. The average molecular weight is 177 g/mol. The summed E-state index contributed by atoms with van der Waals surface area (Å²) in [6.45, 7) is 4.04. The van der Waals surface area contributed by atoms with Gasteiger partial charge in [0.2, 0.25) is 5.89 Å². The van der Waals surface area contributed by atoms with Gasteiger partial charge in [-0.2, -0.15) is 0 Å². The highest BCUT2D eigenvalue weighted by Gasteiger charge is 2.10. The summed E-state index contributed by atoms with van der Waals surface area (Å²) in [7, 11) is 0. The first-order valence-corrected chi connectivity index (χ1v) is 4.24. The van der Waals surface area contributed by atoms with Gasteiger partial charge < -0.3 is 9.40 Å². The number of hydrogen-bond acceptors (Lipinski definition) is 3. The van der Waals surface area contributed by atoms with Gasteiger partial charge in [0.15, 0.2) is 0 Å². The molecular formula is C9H11N3O. The van der Waals surface area contributed by atoms with Crippen LogP contribution in [0.5, 0.6) is 0 Å². The summed E-state index contributed by atoms with van der Waals surface area (Å²) >= 11 is 0. The van der Waals surface area contributed by atoms with Crippen molar-refractivity contribution in [2.45, 2.75) is 19.8 Å². The predicted octanol–water partition coefficient (Wildman–Crippen LogP) is 2.19. The van der Waals surface area contributed by atoms with E-state index in [1.54, 1.807) is 0 Å². The molecule has 68 valence electrons. The predicted molar refractivity (Wildman–Crippen MR) is 48.2 cm³/mol. The van der Waals surface area contributed by atoms with Crippen molar-refractivity contribution in [2.24, 2.45) is 0 Å². The number of hydrogen-bond donors (Lipinski definition) is 1. The van der Waals surface area contributed by atoms with Crippen LogP contribution in [0.1, 0.15) is 25.7 Å². The Morgan fingerprint density at radius 3 is 2.77 bits per heavy atom. The normalized spacial score (nSPS) is 11.0. The van der Waals surface area contributed by atoms with E-state index in [9.17, 15) is 0 Å². The van der Waals surface area contributed by atoms with Gasteiger partial charge in [-0.1, -0.05) is 13.8 Å². The third kappa shape index (κ3) is 1.47. The molecule has 0 spiro atoms. The van der Waals surface area contributed by atoms with Gasteiger partial charge in [-0.15, -0.1) is 10.2 Å². The second-order valence-corrected chi connectivity index (χ2v) is 3.18.